The SMILES string of the molecule is CN=C(NCCCCN1CCN(c2ccccc2)CC1)N1CCN(c2ccccn2)CC1.I. The molecule has 2 aliphatic heterocycles. The molecule has 2 saturated heterocycles. The molecule has 2 aromatic rings. The summed E-state index contributed by atoms with van der Waals surface area (Å²) in [4.78, 5) is 18.8. The van der Waals surface area contributed by atoms with Crippen LogP contribution < -0.4 is 15.1 Å². The molecule has 4 rings (SSSR count). The molecule has 0 aliphatic carbocycles. The van der Waals surface area contributed by atoms with Crippen molar-refractivity contribution < 1.29 is 0 Å². The van der Waals surface area contributed by atoms with Gasteiger partial charge in [-0.05, 0) is 43.7 Å². The van der Waals surface area contributed by atoms with E-state index in [1.807, 2.05) is 19.3 Å². The molecule has 2 aliphatic rings. The summed E-state index contributed by atoms with van der Waals surface area (Å²) in [6, 6.07) is 16.9. The van der Waals surface area contributed by atoms with E-state index in [9.17, 15) is 0 Å². The molecule has 0 atom stereocenters. The molecule has 8 heteroatoms. The number of hydrogen-bond donors (Lipinski definition) is 1. The van der Waals surface area contributed by atoms with Crippen molar-refractivity contribution in [2.75, 3.05) is 82.3 Å². The van der Waals surface area contributed by atoms with Crippen molar-refractivity contribution in [2.24, 2.45) is 4.99 Å². The lowest BCUT2D eigenvalue weighted by atomic mass is 10.2. The molecule has 0 spiro atoms. The van der Waals surface area contributed by atoms with Gasteiger partial charge in [-0.3, -0.25) is 9.89 Å². The highest BCUT2D eigenvalue weighted by Crippen LogP contribution is 2.16. The Morgan fingerprint density at radius 2 is 1.55 bits per heavy atom. The monoisotopic (exact) mass is 563 g/mol. The summed E-state index contributed by atoms with van der Waals surface area (Å²) >= 11 is 0. The fourth-order valence-electron chi connectivity index (χ4n) is 4.55. The van der Waals surface area contributed by atoms with Gasteiger partial charge in [0.05, 0.1) is 0 Å². The van der Waals surface area contributed by atoms with Crippen LogP contribution in [0.25, 0.3) is 0 Å². The summed E-state index contributed by atoms with van der Waals surface area (Å²) in [6.45, 7) is 10.6. The molecule has 1 aromatic heterocycles. The molecule has 2 fully saturated rings. The average Bonchev–Trinajstić information content (AvgIpc) is 2.88. The number of nitrogens with zero attached hydrogens (tertiary/aromatic N) is 6. The molecule has 3 heterocycles. The number of rotatable bonds is 7. The quantitative estimate of drug-likeness (QED) is 0.242. The van der Waals surface area contributed by atoms with E-state index in [1.165, 1.54) is 25.1 Å². The molecule has 7 nitrogen and oxygen atoms in total. The van der Waals surface area contributed by atoms with E-state index < -0.39 is 0 Å². The van der Waals surface area contributed by atoms with Gasteiger partial charge in [-0.15, -0.1) is 24.0 Å². The number of pyridine rings is 1. The average molecular weight is 564 g/mol. The van der Waals surface area contributed by atoms with Gasteiger partial charge in [-0.25, -0.2) is 4.98 Å². The number of hydrogen-bond acceptors (Lipinski definition) is 5. The summed E-state index contributed by atoms with van der Waals surface area (Å²) in [5, 5.41) is 3.58. The first-order chi connectivity index (χ1) is 15.8. The lowest BCUT2D eigenvalue weighted by Crippen LogP contribution is -2.52. The fraction of sp³-hybridized carbons (Fsp3) is 0.520. The van der Waals surface area contributed by atoms with Gasteiger partial charge in [0.25, 0.3) is 0 Å². The highest BCUT2D eigenvalue weighted by Gasteiger charge is 2.20. The first-order valence-corrected chi connectivity index (χ1v) is 12.0. The zero-order valence-corrected chi connectivity index (χ0v) is 22.1. The maximum atomic E-state index is 4.52. The van der Waals surface area contributed by atoms with Crippen LogP contribution in [0.3, 0.4) is 0 Å². The highest BCUT2D eigenvalue weighted by molar-refractivity contribution is 14.0. The number of anilines is 2. The molecular formula is C25H38IN7. The van der Waals surface area contributed by atoms with E-state index in [1.54, 1.807) is 0 Å². The Morgan fingerprint density at radius 1 is 0.848 bits per heavy atom. The molecule has 0 bridgehead atoms. The Balaban J connectivity index is 0.00000306. The number of guanidine groups is 1. The van der Waals surface area contributed by atoms with E-state index in [0.29, 0.717) is 0 Å². The second kappa shape index (κ2) is 13.6. The topological polar surface area (TPSA) is 50.2 Å². The zero-order valence-electron chi connectivity index (χ0n) is 19.8. The molecular weight excluding hydrogens is 525 g/mol. The van der Waals surface area contributed by atoms with Crippen LogP contribution in [-0.2, 0) is 0 Å². The third kappa shape index (κ3) is 7.46. The molecule has 0 amide bonds. The second-order valence-corrected chi connectivity index (χ2v) is 8.51. The van der Waals surface area contributed by atoms with Crippen LogP contribution in [0.5, 0.6) is 0 Å². The number of halogens is 1. The van der Waals surface area contributed by atoms with Gasteiger partial charge >= 0.3 is 0 Å². The van der Waals surface area contributed by atoms with E-state index in [0.717, 1.165) is 70.7 Å². The van der Waals surface area contributed by atoms with Crippen LogP contribution in [-0.4, -0.2) is 93.2 Å². The van der Waals surface area contributed by atoms with E-state index >= 15 is 0 Å². The Kier molecular flexibility index (Phi) is 10.5. The lowest BCUT2D eigenvalue weighted by molar-refractivity contribution is 0.253. The molecule has 0 saturated carbocycles. The molecule has 180 valence electrons. The van der Waals surface area contributed by atoms with Crippen molar-refractivity contribution in [2.45, 2.75) is 12.8 Å². The van der Waals surface area contributed by atoms with E-state index in [2.05, 4.69) is 77.4 Å². The number of piperazine rings is 2. The summed E-state index contributed by atoms with van der Waals surface area (Å²) in [5.41, 5.74) is 1.35. The normalized spacial score (nSPS) is 17.6. The predicted molar refractivity (Wildman–Crippen MR) is 149 cm³/mol. The Labute approximate surface area is 215 Å². The van der Waals surface area contributed by atoms with Gasteiger partial charge in [-0.1, -0.05) is 24.3 Å². The third-order valence-corrected chi connectivity index (χ3v) is 6.44. The van der Waals surface area contributed by atoms with E-state index in [4.69, 9.17) is 0 Å². The minimum absolute atomic E-state index is 0. The van der Waals surface area contributed by atoms with Gasteiger partial charge < -0.3 is 20.0 Å². The number of benzene rings is 1. The van der Waals surface area contributed by atoms with Crippen molar-refractivity contribution in [3.05, 3.63) is 54.7 Å². The largest absolute Gasteiger partial charge is 0.369 e. The number of aromatic nitrogens is 1. The maximum Gasteiger partial charge on any atom is 0.193 e. The number of nitrogens with one attached hydrogen (secondary N) is 1. The van der Waals surface area contributed by atoms with Gasteiger partial charge in [0.1, 0.15) is 5.82 Å². The van der Waals surface area contributed by atoms with Crippen molar-refractivity contribution in [3.8, 4) is 0 Å². The third-order valence-electron chi connectivity index (χ3n) is 6.44. The molecule has 0 unspecified atom stereocenters. The summed E-state index contributed by atoms with van der Waals surface area (Å²) in [7, 11) is 1.89. The minimum Gasteiger partial charge on any atom is -0.369 e. The van der Waals surface area contributed by atoms with Crippen LogP contribution in [0.2, 0.25) is 0 Å². The second-order valence-electron chi connectivity index (χ2n) is 8.51. The number of unbranched alkanes of at least 4 members (excludes halogenated alkanes) is 1. The molecule has 1 aromatic carbocycles. The molecule has 33 heavy (non-hydrogen) atoms. The van der Waals surface area contributed by atoms with Crippen molar-refractivity contribution in [1.82, 2.24) is 20.1 Å². The molecule has 0 radical (unpaired) electrons. The fourth-order valence-corrected chi connectivity index (χ4v) is 4.55. The van der Waals surface area contributed by atoms with Gasteiger partial charge in [-0.2, -0.15) is 0 Å². The van der Waals surface area contributed by atoms with Gasteiger partial charge in [0.15, 0.2) is 5.96 Å². The smallest absolute Gasteiger partial charge is 0.193 e. The van der Waals surface area contributed by atoms with Crippen LogP contribution in [0.15, 0.2) is 59.7 Å². The van der Waals surface area contributed by atoms with Crippen LogP contribution in [0, 0.1) is 0 Å². The first-order valence-electron chi connectivity index (χ1n) is 12.0. The summed E-state index contributed by atoms with van der Waals surface area (Å²) < 4.78 is 0. The maximum absolute atomic E-state index is 4.52. The summed E-state index contributed by atoms with van der Waals surface area (Å²) in [6.07, 6.45) is 4.26. The Morgan fingerprint density at radius 3 is 2.21 bits per heavy atom. The summed E-state index contributed by atoms with van der Waals surface area (Å²) in [5.74, 6) is 2.10. The number of aliphatic imine (C=N–C) groups is 1. The standard InChI is InChI=1S/C25H37N7.HI/c1-26-25(32-21-19-31(20-22-32)24-11-5-6-12-27-24)28-13-7-8-14-29-15-17-30(18-16-29)23-9-3-2-4-10-23;/h2-6,9-12H,7-8,13-22H2,1H3,(H,26,28);1H. The highest BCUT2D eigenvalue weighted by atomic mass is 127. The first kappa shape index (κ1) is 25.6. The van der Waals surface area contributed by atoms with Crippen molar-refractivity contribution in [3.63, 3.8) is 0 Å². The van der Waals surface area contributed by atoms with Gasteiger partial charge in [0.2, 0.25) is 0 Å². The van der Waals surface area contributed by atoms with Gasteiger partial charge in [0, 0.05) is 77.8 Å². The van der Waals surface area contributed by atoms with Crippen molar-refractivity contribution in [1.29, 1.82) is 0 Å². The molecule has 1 N–H and O–H groups in total. The number of para-hydroxylation sites is 1. The van der Waals surface area contributed by atoms with E-state index in [-0.39, 0.29) is 24.0 Å². The van der Waals surface area contributed by atoms with Crippen molar-refractivity contribution >= 4 is 41.4 Å². The minimum atomic E-state index is 0. The van der Waals surface area contributed by atoms with Crippen LogP contribution >= 0.6 is 24.0 Å². The Hall–Kier alpha value is -2.07. The van der Waals surface area contributed by atoms with Crippen LogP contribution in [0.1, 0.15) is 12.8 Å². The predicted octanol–water partition coefficient (Wildman–Crippen LogP) is 3.00. The lowest BCUT2D eigenvalue weighted by Gasteiger charge is -2.37. The van der Waals surface area contributed by atoms with Crippen LogP contribution in [0.4, 0.5) is 11.5 Å². The Bertz CT molecular complexity index is 817. The zero-order chi connectivity index (χ0) is 22.0.